The van der Waals surface area contributed by atoms with E-state index in [2.05, 4.69) is 4.98 Å². The normalized spacial score (nSPS) is 10.4. The third-order valence-corrected chi connectivity index (χ3v) is 4.00. The zero-order valence-corrected chi connectivity index (χ0v) is 14.4. The molecule has 0 fully saturated rings. The van der Waals surface area contributed by atoms with Crippen LogP contribution in [0.15, 0.2) is 72.8 Å². The molecule has 0 atom stereocenters. The van der Waals surface area contributed by atoms with Gasteiger partial charge in [-0.25, -0.2) is 9.78 Å². The highest BCUT2D eigenvalue weighted by atomic mass is 16.6. The van der Waals surface area contributed by atoms with Crippen molar-refractivity contribution in [1.82, 2.24) is 4.98 Å². The van der Waals surface area contributed by atoms with Crippen molar-refractivity contribution < 1.29 is 14.8 Å². The van der Waals surface area contributed by atoms with Crippen molar-refractivity contribution in [2.75, 3.05) is 4.90 Å². The minimum atomic E-state index is -1.23. The van der Waals surface area contributed by atoms with Gasteiger partial charge in [0.2, 0.25) is 5.82 Å². The van der Waals surface area contributed by atoms with Crippen LogP contribution in [-0.2, 0) is 13.1 Å². The van der Waals surface area contributed by atoms with Crippen LogP contribution in [0.3, 0.4) is 0 Å². The van der Waals surface area contributed by atoms with E-state index < -0.39 is 10.9 Å². The first-order valence-corrected chi connectivity index (χ1v) is 8.26. The molecule has 3 aromatic rings. The van der Waals surface area contributed by atoms with E-state index >= 15 is 0 Å². The molecule has 0 aliphatic carbocycles. The molecule has 1 heterocycles. The molecule has 7 heteroatoms. The monoisotopic (exact) mass is 363 g/mol. The van der Waals surface area contributed by atoms with E-state index in [4.69, 9.17) is 0 Å². The minimum Gasteiger partial charge on any atom is -0.477 e. The number of aromatic carboxylic acids is 1. The summed E-state index contributed by atoms with van der Waals surface area (Å²) in [5.41, 5.74) is 1.41. The van der Waals surface area contributed by atoms with Gasteiger partial charge in [0.05, 0.1) is 4.92 Å². The lowest BCUT2D eigenvalue weighted by atomic mass is 10.1. The number of carboxylic acid groups (broad SMARTS) is 1. The number of benzene rings is 2. The second-order valence-electron chi connectivity index (χ2n) is 5.93. The fraction of sp³-hybridized carbons (Fsp3) is 0.100. The van der Waals surface area contributed by atoms with Gasteiger partial charge in [-0.15, -0.1) is 0 Å². The van der Waals surface area contributed by atoms with Crippen LogP contribution in [0.2, 0.25) is 0 Å². The van der Waals surface area contributed by atoms with Gasteiger partial charge in [-0.2, -0.15) is 0 Å². The topological polar surface area (TPSA) is 96.6 Å². The van der Waals surface area contributed by atoms with Crippen LogP contribution in [-0.4, -0.2) is 21.0 Å². The Morgan fingerprint density at radius 2 is 1.44 bits per heavy atom. The molecule has 0 radical (unpaired) electrons. The Balaban J connectivity index is 2.06. The number of carbonyl (C=O) groups is 1. The van der Waals surface area contributed by atoms with Gasteiger partial charge in [-0.1, -0.05) is 60.7 Å². The predicted molar refractivity (Wildman–Crippen MR) is 101 cm³/mol. The fourth-order valence-electron chi connectivity index (χ4n) is 2.75. The van der Waals surface area contributed by atoms with Gasteiger partial charge in [0.1, 0.15) is 0 Å². The standard InChI is InChI=1S/C20H17N3O4/c24-20(25)17-11-12-18(23(26)27)19(21-17)22(13-15-7-3-1-4-8-15)14-16-9-5-2-6-10-16/h1-12H,13-14H2,(H,24,25). The van der Waals surface area contributed by atoms with Crippen LogP contribution in [0.1, 0.15) is 21.6 Å². The maximum Gasteiger partial charge on any atom is 0.354 e. The number of anilines is 1. The molecule has 2 aromatic carbocycles. The quantitative estimate of drug-likeness (QED) is 0.505. The van der Waals surface area contributed by atoms with Crippen LogP contribution in [0.25, 0.3) is 0 Å². The summed E-state index contributed by atoms with van der Waals surface area (Å²) in [6, 6.07) is 21.3. The van der Waals surface area contributed by atoms with Gasteiger partial charge in [0.15, 0.2) is 5.69 Å². The van der Waals surface area contributed by atoms with Crippen molar-refractivity contribution in [2.45, 2.75) is 13.1 Å². The second kappa shape index (κ2) is 8.09. The van der Waals surface area contributed by atoms with Crippen LogP contribution in [0, 0.1) is 10.1 Å². The third kappa shape index (κ3) is 4.46. The largest absolute Gasteiger partial charge is 0.477 e. The summed E-state index contributed by atoms with van der Waals surface area (Å²) in [5, 5.41) is 20.8. The third-order valence-electron chi connectivity index (χ3n) is 4.00. The first-order chi connectivity index (χ1) is 13.0. The Bertz CT molecular complexity index is 904. The molecule has 0 saturated carbocycles. The number of pyridine rings is 1. The SMILES string of the molecule is O=C(O)c1ccc([N+](=O)[O-])c(N(Cc2ccccc2)Cc2ccccc2)n1. The summed E-state index contributed by atoms with van der Waals surface area (Å²) in [6.07, 6.45) is 0. The summed E-state index contributed by atoms with van der Waals surface area (Å²) in [6.45, 7) is 0.708. The van der Waals surface area contributed by atoms with Crippen molar-refractivity contribution in [1.29, 1.82) is 0 Å². The Labute approximate surface area is 155 Å². The van der Waals surface area contributed by atoms with Crippen LogP contribution in [0.5, 0.6) is 0 Å². The van der Waals surface area contributed by atoms with E-state index in [1.807, 2.05) is 60.7 Å². The molecule has 3 rings (SSSR count). The highest BCUT2D eigenvalue weighted by Crippen LogP contribution is 2.29. The van der Waals surface area contributed by atoms with E-state index in [9.17, 15) is 20.0 Å². The number of hydrogen-bond donors (Lipinski definition) is 1. The van der Waals surface area contributed by atoms with Crippen molar-refractivity contribution in [3.63, 3.8) is 0 Å². The Hall–Kier alpha value is -3.74. The first-order valence-electron chi connectivity index (χ1n) is 8.26. The van der Waals surface area contributed by atoms with E-state index in [1.165, 1.54) is 6.07 Å². The molecule has 136 valence electrons. The lowest BCUT2D eigenvalue weighted by Crippen LogP contribution is -2.25. The van der Waals surface area contributed by atoms with E-state index in [0.29, 0.717) is 13.1 Å². The summed E-state index contributed by atoms with van der Waals surface area (Å²) in [4.78, 5) is 28.1. The van der Waals surface area contributed by atoms with Gasteiger partial charge in [-0.05, 0) is 17.2 Å². The number of rotatable bonds is 7. The number of aromatic nitrogens is 1. The van der Waals surface area contributed by atoms with E-state index in [0.717, 1.165) is 17.2 Å². The van der Waals surface area contributed by atoms with Gasteiger partial charge >= 0.3 is 11.7 Å². The molecule has 1 N–H and O–H groups in total. The van der Waals surface area contributed by atoms with Crippen LogP contribution >= 0.6 is 0 Å². The zero-order chi connectivity index (χ0) is 19.2. The minimum absolute atomic E-state index is 0.0348. The molecule has 27 heavy (non-hydrogen) atoms. The highest BCUT2D eigenvalue weighted by Gasteiger charge is 2.24. The molecule has 0 aliphatic rings. The maximum absolute atomic E-state index is 11.5. The average Bonchev–Trinajstić information content (AvgIpc) is 2.68. The molecule has 7 nitrogen and oxygen atoms in total. The molecular formula is C20H17N3O4. The highest BCUT2D eigenvalue weighted by molar-refractivity contribution is 5.86. The van der Waals surface area contributed by atoms with Gasteiger partial charge in [-0.3, -0.25) is 10.1 Å². The van der Waals surface area contributed by atoms with Crippen LogP contribution < -0.4 is 4.90 Å². The summed E-state index contributed by atoms with van der Waals surface area (Å²) in [7, 11) is 0. The average molecular weight is 363 g/mol. The van der Waals surface area contributed by atoms with Crippen LogP contribution in [0.4, 0.5) is 11.5 Å². The first kappa shape index (κ1) is 18.1. The molecule has 0 saturated heterocycles. The number of carboxylic acids is 1. The van der Waals surface area contributed by atoms with E-state index in [1.54, 1.807) is 4.90 Å². The van der Waals surface area contributed by atoms with Crippen molar-refractivity contribution in [3.05, 3.63) is 99.7 Å². The van der Waals surface area contributed by atoms with Gasteiger partial charge < -0.3 is 10.0 Å². The Morgan fingerprint density at radius 3 is 1.89 bits per heavy atom. The molecule has 0 aliphatic heterocycles. The van der Waals surface area contributed by atoms with E-state index in [-0.39, 0.29) is 17.2 Å². The van der Waals surface area contributed by atoms with Gasteiger partial charge in [0, 0.05) is 19.2 Å². The van der Waals surface area contributed by atoms with Crippen molar-refractivity contribution in [2.24, 2.45) is 0 Å². The second-order valence-corrected chi connectivity index (χ2v) is 5.93. The Morgan fingerprint density at radius 1 is 0.926 bits per heavy atom. The molecule has 0 bridgehead atoms. The summed E-state index contributed by atoms with van der Waals surface area (Å²) >= 11 is 0. The zero-order valence-electron chi connectivity index (χ0n) is 14.4. The fourth-order valence-corrected chi connectivity index (χ4v) is 2.75. The van der Waals surface area contributed by atoms with Crippen molar-refractivity contribution in [3.8, 4) is 0 Å². The Kier molecular flexibility index (Phi) is 5.41. The van der Waals surface area contributed by atoms with Crippen molar-refractivity contribution >= 4 is 17.5 Å². The summed E-state index contributed by atoms with van der Waals surface area (Å²) < 4.78 is 0. The molecule has 1 aromatic heterocycles. The molecular weight excluding hydrogens is 346 g/mol. The van der Waals surface area contributed by atoms with Gasteiger partial charge in [0.25, 0.3) is 0 Å². The number of nitrogens with zero attached hydrogens (tertiary/aromatic N) is 3. The molecule has 0 amide bonds. The molecule has 0 spiro atoms. The smallest absolute Gasteiger partial charge is 0.354 e. The number of nitro groups is 1. The molecule has 0 unspecified atom stereocenters. The lowest BCUT2D eigenvalue weighted by Gasteiger charge is -2.24. The predicted octanol–water partition coefficient (Wildman–Crippen LogP) is 3.89. The summed E-state index contributed by atoms with van der Waals surface area (Å²) in [5.74, 6) is -1.20. The number of hydrogen-bond acceptors (Lipinski definition) is 5. The lowest BCUT2D eigenvalue weighted by molar-refractivity contribution is -0.384. The maximum atomic E-state index is 11.5.